The van der Waals surface area contributed by atoms with Crippen molar-refractivity contribution in [1.82, 2.24) is 14.7 Å². The van der Waals surface area contributed by atoms with Gasteiger partial charge in [0, 0.05) is 31.4 Å². The molecule has 1 aliphatic heterocycles. The van der Waals surface area contributed by atoms with Crippen molar-refractivity contribution in [1.29, 1.82) is 0 Å². The number of benzene rings is 1. The summed E-state index contributed by atoms with van der Waals surface area (Å²) in [5.74, 6) is -1.31. The molecule has 3 rings (SSSR count). The maximum absolute atomic E-state index is 14.7. The zero-order valence-corrected chi connectivity index (χ0v) is 18.1. The number of nitrogens with zero attached hydrogens (tertiary/aromatic N) is 3. The number of hydrogen-bond donors (Lipinski definition) is 1. The molecule has 1 aliphatic rings. The van der Waals surface area contributed by atoms with Crippen molar-refractivity contribution in [3.8, 4) is 11.3 Å². The Morgan fingerprint density at radius 2 is 1.94 bits per heavy atom. The summed E-state index contributed by atoms with van der Waals surface area (Å²) in [4.78, 5) is 14.6. The highest BCUT2D eigenvalue weighted by molar-refractivity contribution is 6.34. The Morgan fingerprint density at radius 1 is 1.26 bits per heavy atom. The van der Waals surface area contributed by atoms with E-state index in [1.165, 1.54) is 19.2 Å². The van der Waals surface area contributed by atoms with Crippen LogP contribution in [-0.4, -0.2) is 33.7 Å². The van der Waals surface area contributed by atoms with Gasteiger partial charge in [-0.2, -0.15) is 18.3 Å². The SMILES string of the molecule is CCC1C=C(C)C(Cl)=C(C(=O)Nc2ccc(-c3cc(C(F)(F)F)nn3C)c(F)c2)N1C. The molecule has 5 nitrogen and oxygen atoms in total. The van der Waals surface area contributed by atoms with Gasteiger partial charge in [-0.1, -0.05) is 24.6 Å². The summed E-state index contributed by atoms with van der Waals surface area (Å²) < 4.78 is 54.3. The summed E-state index contributed by atoms with van der Waals surface area (Å²) in [7, 11) is 3.05. The van der Waals surface area contributed by atoms with Gasteiger partial charge in [-0.25, -0.2) is 4.39 Å². The Bertz CT molecular complexity index is 1090. The number of halogens is 5. The van der Waals surface area contributed by atoms with Crippen molar-refractivity contribution in [2.24, 2.45) is 7.05 Å². The molecule has 0 bridgehead atoms. The minimum Gasteiger partial charge on any atom is -0.362 e. The maximum Gasteiger partial charge on any atom is 0.435 e. The first-order valence-corrected chi connectivity index (χ1v) is 9.85. The van der Waals surface area contributed by atoms with Crippen LogP contribution in [0.3, 0.4) is 0 Å². The fraction of sp³-hybridized carbons (Fsp3) is 0.333. The molecule has 0 fully saturated rings. The van der Waals surface area contributed by atoms with Crippen LogP contribution in [0.1, 0.15) is 26.0 Å². The lowest BCUT2D eigenvalue weighted by molar-refractivity contribution is -0.141. The summed E-state index contributed by atoms with van der Waals surface area (Å²) in [6, 6.07) is 4.52. The normalized spacial score (nSPS) is 17.1. The number of hydrogen-bond acceptors (Lipinski definition) is 3. The molecular weight excluding hydrogens is 436 g/mol. The van der Waals surface area contributed by atoms with Crippen molar-refractivity contribution in [3.63, 3.8) is 0 Å². The van der Waals surface area contributed by atoms with Crippen LogP contribution in [0.15, 0.2) is 46.6 Å². The lowest BCUT2D eigenvalue weighted by atomic mass is 10.0. The summed E-state index contributed by atoms with van der Waals surface area (Å²) >= 11 is 6.34. The number of amides is 1. The molecule has 0 radical (unpaired) electrons. The Morgan fingerprint density at radius 3 is 2.48 bits per heavy atom. The first kappa shape index (κ1) is 22.9. The molecule has 0 saturated carbocycles. The topological polar surface area (TPSA) is 50.2 Å². The van der Waals surface area contributed by atoms with Gasteiger partial charge in [0.2, 0.25) is 0 Å². The van der Waals surface area contributed by atoms with Crippen LogP contribution >= 0.6 is 11.6 Å². The van der Waals surface area contributed by atoms with E-state index < -0.39 is 23.6 Å². The van der Waals surface area contributed by atoms with Gasteiger partial charge in [-0.3, -0.25) is 9.48 Å². The highest BCUT2D eigenvalue weighted by atomic mass is 35.5. The molecule has 166 valence electrons. The van der Waals surface area contributed by atoms with Gasteiger partial charge < -0.3 is 10.2 Å². The van der Waals surface area contributed by atoms with E-state index in [1.807, 2.05) is 19.9 Å². The van der Waals surface area contributed by atoms with Gasteiger partial charge in [0.1, 0.15) is 11.5 Å². The monoisotopic (exact) mass is 456 g/mol. The number of carbonyl (C=O) groups is 1. The Labute approximate surface area is 182 Å². The fourth-order valence-corrected chi connectivity index (χ4v) is 3.76. The third-order valence-electron chi connectivity index (χ3n) is 5.15. The number of carbonyl (C=O) groups excluding carboxylic acids is 1. The predicted molar refractivity (Wildman–Crippen MR) is 111 cm³/mol. The van der Waals surface area contributed by atoms with E-state index in [9.17, 15) is 22.4 Å². The summed E-state index contributed by atoms with van der Waals surface area (Å²) in [5, 5.41) is 6.30. The van der Waals surface area contributed by atoms with Crippen molar-refractivity contribution in [2.75, 3.05) is 12.4 Å². The zero-order valence-electron chi connectivity index (χ0n) is 17.3. The van der Waals surface area contributed by atoms with E-state index in [4.69, 9.17) is 11.6 Å². The van der Waals surface area contributed by atoms with Crippen LogP contribution in [0.5, 0.6) is 0 Å². The molecule has 2 heterocycles. The molecule has 0 aliphatic carbocycles. The quantitative estimate of drug-likeness (QED) is 0.635. The standard InChI is InChI=1S/C21H21ClF4N4O/c1-5-13-8-11(2)18(22)19(29(13)3)20(31)27-12-6-7-14(15(23)9-12)16-10-17(21(24,25)26)28-30(16)4/h6-10,13H,5H2,1-4H3,(H,27,31). The zero-order chi connectivity index (χ0) is 23.1. The smallest absolute Gasteiger partial charge is 0.362 e. The number of aryl methyl sites for hydroxylation is 1. The molecule has 0 saturated heterocycles. The second-order valence-electron chi connectivity index (χ2n) is 7.28. The van der Waals surface area contributed by atoms with Crippen LogP contribution < -0.4 is 5.32 Å². The average Bonchev–Trinajstić information content (AvgIpc) is 3.07. The number of nitrogens with one attached hydrogen (secondary N) is 1. The number of rotatable bonds is 4. The van der Waals surface area contributed by atoms with E-state index >= 15 is 0 Å². The highest BCUT2D eigenvalue weighted by Crippen LogP contribution is 2.34. The first-order chi connectivity index (χ1) is 14.4. The lowest BCUT2D eigenvalue weighted by Gasteiger charge is -2.33. The van der Waals surface area contributed by atoms with E-state index in [1.54, 1.807) is 11.9 Å². The van der Waals surface area contributed by atoms with Crippen LogP contribution in [0.25, 0.3) is 11.3 Å². The number of allylic oxidation sites excluding steroid dienone is 2. The van der Waals surface area contributed by atoms with Gasteiger partial charge in [-0.15, -0.1) is 0 Å². The molecule has 1 atom stereocenters. The number of anilines is 1. The van der Waals surface area contributed by atoms with E-state index in [2.05, 4.69) is 10.4 Å². The van der Waals surface area contributed by atoms with Crippen molar-refractivity contribution >= 4 is 23.2 Å². The molecular formula is C21H21ClF4N4O. The van der Waals surface area contributed by atoms with Gasteiger partial charge in [0.25, 0.3) is 5.91 Å². The molecule has 0 spiro atoms. The second-order valence-corrected chi connectivity index (χ2v) is 7.66. The molecule has 1 aromatic heterocycles. The molecule has 1 amide bonds. The van der Waals surface area contributed by atoms with Crippen LogP contribution in [0.2, 0.25) is 0 Å². The largest absolute Gasteiger partial charge is 0.435 e. The second kappa shape index (κ2) is 8.37. The minimum atomic E-state index is -4.64. The third-order valence-corrected chi connectivity index (χ3v) is 5.63. The molecule has 1 unspecified atom stereocenters. The van der Waals surface area contributed by atoms with Crippen LogP contribution in [-0.2, 0) is 18.0 Å². The molecule has 31 heavy (non-hydrogen) atoms. The summed E-state index contributed by atoms with van der Waals surface area (Å²) in [5.41, 5.74) is -0.0329. The van der Waals surface area contributed by atoms with Gasteiger partial charge in [0.15, 0.2) is 5.69 Å². The van der Waals surface area contributed by atoms with Crippen molar-refractivity contribution in [2.45, 2.75) is 32.5 Å². The predicted octanol–water partition coefficient (Wildman–Crippen LogP) is 5.30. The Balaban J connectivity index is 1.88. The van der Waals surface area contributed by atoms with E-state index in [0.29, 0.717) is 5.03 Å². The lowest BCUT2D eigenvalue weighted by Crippen LogP contribution is -2.38. The van der Waals surface area contributed by atoms with Crippen LogP contribution in [0.4, 0.5) is 23.2 Å². The van der Waals surface area contributed by atoms with Gasteiger partial charge >= 0.3 is 6.18 Å². The highest BCUT2D eigenvalue weighted by Gasteiger charge is 2.35. The Kier molecular flexibility index (Phi) is 6.18. The van der Waals surface area contributed by atoms with Crippen LogP contribution in [0, 0.1) is 5.82 Å². The molecule has 1 aromatic carbocycles. The van der Waals surface area contributed by atoms with E-state index in [-0.39, 0.29) is 28.7 Å². The first-order valence-electron chi connectivity index (χ1n) is 9.48. The van der Waals surface area contributed by atoms with Gasteiger partial charge in [0.05, 0.1) is 10.7 Å². The molecule has 1 N–H and O–H groups in total. The summed E-state index contributed by atoms with van der Waals surface area (Å²) in [6.45, 7) is 3.79. The fourth-order valence-electron chi connectivity index (χ4n) is 3.48. The van der Waals surface area contributed by atoms with Gasteiger partial charge in [-0.05, 0) is 43.2 Å². The number of aromatic nitrogens is 2. The van der Waals surface area contributed by atoms with Crippen molar-refractivity contribution in [3.05, 3.63) is 58.2 Å². The van der Waals surface area contributed by atoms with E-state index in [0.717, 1.165) is 28.8 Å². The minimum absolute atomic E-state index is 0.00460. The number of alkyl halides is 3. The molecule has 10 heteroatoms. The van der Waals surface area contributed by atoms with Crippen molar-refractivity contribution < 1.29 is 22.4 Å². The summed E-state index contributed by atoms with van der Waals surface area (Å²) in [6.07, 6.45) is -1.90. The Hall–Kier alpha value is -2.81. The maximum atomic E-state index is 14.7. The third kappa shape index (κ3) is 4.46. The number of likely N-dealkylation sites (N-methyl/N-ethyl adjacent to an activating group) is 1. The molecule has 2 aromatic rings. The average molecular weight is 457 g/mol.